The van der Waals surface area contributed by atoms with E-state index in [1.165, 1.54) is 38.5 Å². The summed E-state index contributed by atoms with van der Waals surface area (Å²) >= 11 is 0. The molecular formula is C51H76O13. The topological polar surface area (TPSA) is 128 Å². The Kier molecular flexibility index (Phi) is 32.2. The summed E-state index contributed by atoms with van der Waals surface area (Å²) in [4.78, 5) is 13.8. The van der Waals surface area contributed by atoms with Crippen LogP contribution in [0, 0.1) is 23.7 Å². The van der Waals surface area contributed by atoms with E-state index >= 15 is 0 Å². The number of rotatable bonds is 24. The highest BCUT2D eigenvalue weighted by molar-refractivity contribution is 5.90. The summed E-state index contributed by atoms with van der Waals surface area (Å²) < 4.78 is 69.1. The molecule has 0 atom stereocenters. The van der Waals surface area contributed by atoms with Crippen molar-refractivity contribution in [1.82, 2.24) is 0 Å². The maximum absolute atomic E-state index is 13.8. The van der Waals surface area contributed by atoms with Crippen molar-refractivity contribution in [2.75, 3.05) is 114 Å². The van der Waals surface area contributed by atoms with Gasteiger partial charge in [-0.1, -0.05) is 76.0 Å². The van der Waals surface area contributed by atoms with Gasteiger partial charge in [0.05, 0.1) is 78.2 Å². The molecule has 358 valence electrons. The zero-order valence-corrected chi connectivity index (χ0v) is 39.1. The number of carbonyl (C=O) groups excluding carboxylic acids is 1. The number of hydrogen-bond donors (Lipinski definition) is 0. The van der Waals surface area contributed by atoms with E-state index in [-0.39, 0.29) is 26.4 Å². The quantitative estimate of drug-likeness (QED) is 0.0565. The second-order valence-electron chi connectivity index (χ2n) is 15.3. The SMILES string of the molecule is COCCOCCOc1cc(COC(=O)c2cc3cc(c2)OCCCCCCCCCC#CC#CCCCCCCCCCO3)cc(OCCOCCOC)c1OCCOCCOC. The van der Waals surface area contributed by atoms with Gasteiger partial charge in [-0.25, -0.2) is 4.79 Å². The first-order valence-corrected chi connectivity index (χ1v) is 23.4. The third kappa shape index (κ3) is 26.5. The first-order chi connectivity index (χ1) is 31.6. The van der Waals surface area contributed by atoms with Gasteiger partial charge >= 0.3 is 5.97 Å². The van der Waals surface area contributed by atoms with Crippen LogP contribution in [0.1, 0.15) is 119 Å². The zero-order chi connectivity index (χ0) is 45.4. The van der Waals surface area contributed by atoms with Crippen molar-refractivity contribution in [1.29, 1.82) is 0 Å². The van der Waals surface area contributed by atoms with E-state index in [2.05, 4.69) is 23.7 Å². The van der Waals surface area contributed by atoms with Crippen LogP contribution in [0.4, 0.5) is 0 Å². The fourth-order valence-corrected chi connectivity index (χ4v) is 6.51. The molecule has 0 N–H and O–H groups in total. The summed E-state index contributed by atoms with van der Waals surface area (Å²) in [6.07, 6.45) is 17.6. The van der Waals surface area contributed by atoms with E-state index < -0.39 is 5.97 Å². The van der Waals surface area contributed by atoms with Crippen LogP contribution in [-0.4, -0.2) is 120 Å². The molecule has 0 aliphatic carbocycles. The first-order valence-electron chi connectivity index (χ1n) is 23.4. The van der Waals surface area contributed by atoms with Crippen LogP contribution in [0.15, 0.2) is 30.3 Å². The Morgan fingerprint density at radius 1 is 0.484 bits per heavy atom. The number of methoxy groups -OCH3 is 3. The molecule has 0 spiro atoms. The number of ether oxygens (including phenoxy) is 12. The van der Waals surface area contributed by atoms with E-state index in [1.54, 1.807) is 45.6 Å². The largest absolute Gasteiger partial charge is 0.493 e. The van der Waals surface area contributed by atoms with Crippen LogP contribution in [0.25, 0.3) is 0 Å². The molecule has 0 unspecified atom stereocenters. The van der Waals surface area contributed by atoms with Gasteiger partial charge in [0, 0.05) is 40.2 Å². The second-order valence-corrected chi connectivity index (χ2v) is 15.3. The Labute approximate surface area is 383 Å². The number of carbonyl (C=O) groups is 1. The van der Waals surface area contributed by atoms with Crippen molar-refractivity contribution in [2.24, 2.45) is 0 Å². The highest BCUT2D eigenvalue weighted by Gasteiger charge is 2.19. The Hall–Kier alpha value is -4.21. The predicted molar refractivity (Wildman–Crippen MR) is 247 cm³/mol. The molecule has 0 saturated heterocycles. The van der Waals surface area contributed by atoms with Gasteiger partial charge in [-0.15, -0.1) is 0 Å². The van der Waals surface area contributed by atoms with Gasteiger partial charge in [-0.05, 0) is 67.4 Å². The summed E-state index contributed by atoms with van der Waals surface area (Å²) in [5.41, 5.74) is 0.973. The lowest BCUT2D eigenvalue weighted by Gasteiger charge is -2.19. The molecule has 2 aromatic carbocycles. The monoisotopic (exact) mass is 897 g/mol. The predicted octanol–water partition coefficient (Wildman–Crippen LogP) is 9.19. The molecule has 0 saturated carbocycles. The number of fused-ring (bicyclic) bond motifs is 2. The van der Waals surface area contributed by atoms with Crippen LogP contribution >= 0.6 is 0 Å². The van der Waals surface area contributed by atoms with Gasteiger partial charge in [-0.2, -0.15) is 0 Å². The Bertz CT molecular complexity index is 1530. The average molecular weight is 897 g/mol. The summed E-state index contributed by atoms with van der Waals surface area (Å²) in [7, 11) is 4.87. The third-order valence-corrected chi connectivity index (χ3v) is 9.98. The molecule has 0 radical (unpaired) electrons. The lowest BCUT2D eigenvalue weighted by Crippen LogP contribution is -2.15. The van der Waals surface area contributed by atoms with E-state index in [4.69, 9.17) is 56.8 Å². The van der Waals surface area contributed by atoms with Crippen molar-refractivity contribution in [3.8, 4) is 52.4 Å². The van der Waals surface area contributed by atoms with E-state index in [0.29, 0.717) is 113 Å². The highest BCUT2D eigenvalue weighted by atomic mass is 16.6. The van der Waals surface area contributed by atoms with Crippen LogP contribution < -0.4 is 23.7 Å². The molecule has 13 nitrogen and oxygen atoms in total. The van der Waals surface area contributed by atoms with Crippen molar-refractivity contribution >= 4 is 5.97 Å². The molecule has 2 aromatic rings. The molecule has 1 aliphatic heterocycles. The zero-order valence-electron chi connectivity index (χ0n) is 39.1. The number of benzene rings is 2. The smallest absolute Gasteiger partial charge is 0.338 e. The van der Waals surface area contributed by atoms with E-state index in [9.17, 15) is 4.79 Å². The van der Waals surface area contributed by atoms with Crippen molar-refractivity contribution in [3.63, 3.8) is 0 Å². The van der Waals surface area contributed by atoms with Gasteiger partial charge < -0.3 is 56.8 Å². The van der Waals surface area contributed by atoms with E-state index in [1.807, 2.05) is 6.07 Å². The maximum atomic E-state index is 13.8. The summed E-state index contributed by atoms with van der Waals surface area (Å²) in [5.74, 6) is 14.3. The minimum atomic E-state index is -0.515. The van der Waals surface area contributed by atoms with Gasteiger partial charge in [0.2, 0.25) is 5.75 Å². The maximum Gasteiger partial charge on any atom is 0.338 e. The van der Waals surface area contributed by atoms with Crippen LogP contribution in [0.5, 0.6) is 28.7 Å². The normalized spacial score (nSPS) is 14.9. The Morgan fingerprint density at radius 2 is 0.891 bits per heavy atom. The van der Waals surface area contributed by atoms with Gasteiger partial charge in [0.1, 0.15) is 37.9 Å². The van der Waals surface area contributed by atoms with E-state index in [0.717, 1.165) is 64.2 Å². The van der Waals surface area contributed by atoms with Gasteiger partial charge in [-0.3, -0.25) is 0 Å². The van der Waals surface area contributed by atoms with Gasteiger partial charge in [0.25, 0.3) is 0 Å². The van der Waals surface area contributed by atoms with Crippen LogP contribution in [0.3, 0.4) is 0 Å². The lowest BCUT2D eigenvalue weighted by molar-refractivity contribution is 0.0454. The minimum absolute atomic E-state index is 0.0667. The Morgan fingerprint density at radius 3 is 1.34 bits per heavy atom. The molecule has 1 heterocycles. The molecule has 64 heavy (non-hydrogen) atoms. The summed E-state index contributed by atoms with van der Waals surface area (Å²) in [5, 5.41) is 0. The van der Waals surface area contributed by atoms with Crippen molar-refractivity contribution in [3.05, 3.63) is 41.5 Å². The molecule has 1 aliphatic rings. The number of hydrogen-bond acceptors (Lipinski definition) is 13. The highest BCUT2D eigenvalue weighted by Crippen LogP contribution is 2.39. The fourth-order valence-electron chi connectivity index (χ4n) is 6.51. The molecule has 13 heteroatoms. The second kappa shape index (κ2) is 38.1. The van der Waals surface area contributed by atoms with Crippen molar-refractivity contribution < 1.29 is 61.6 Å². The number of esters is 1. The molecule has 3 rings (SSSR count). The molecule has 0 aromatic heterocycles. The molecule has 0 fully saturated rings. The third-order valence-electron chi connectivity index (χ3n) is 9.98. The summed E-state index contributed by atoms with van der Waals surface area (Å²) in [6.45, 7) is 5.40. The minimum Gasteiger partial charge on any atom is -0.493 e. The standard InChI is InChI=1S/C51H76O13/c1-53-26-29-56-32-35-61-48-38-44(39-49(62-36-33-57-30-27-54-2)50(48)63-37-34-58-31-28-55-3)43-64-51(52)45-40-46-42-47(41-45)60-25-23-21-19-17-15-13-11-9-7-5-4-6-8-10-12-14-16-18-20-22-24-59-46/h38-42H,8-37,43H2,1-3H3. The molecule has 0 amide bonds. The summed E-state index contributed by atoms with van der Waals surface area (Å²) in [6, 6.07) is 8.87. The average Bonchev–Trinajstić information content (AvgIpc) is 3.30. The Balaban J connectivity index is 1.74. The molecular weight excluding hydrogens is 821 g/mol. The van der Waals surface area contributed by atoms with Crippen LogP contribution in [0.2, 0.25) is 0 Å². The van der Waals surface area contributed by atoms with Crippen LogP contribution in [-0.2, 0) is 39.8 Å². The fraction of sp³-hybridized carbons (Fsp3) is 0.667. The van der Waals surface area contributed by atoms with Crippen molar-refractivity contribution in [2.45, 2.75) is 109 Å². The first kappa shape index (κ1) is 54.1. The van der Waals surface area contributed by atoms with Gasteiger partial charge in [0.15, 0.2) is 11.5 Å². The lowest BCUT2D eigenvalue weighted by atomic mass is 10.1. The molecule has 2 bridgehead atoms.